The van der Waals surface area contributed by atoms with Crippen LogP contribution in [0.3, 0.4) is 0 Å². The van der Waals surface area contributed by atoms with Gasteiger partial charge in [0.1, 0.15) is 0 Å². The first-order valence-electron chi connectivity index (χ1n) is 36.8. The number of hydrogen-bond acceptors (Lipinski definition) is 1. The summed E-state index contributed by atoms with van der Waals surface area (Å²) < 4.78 is 12.4. The monoisotopic (exact) mass is 1380 g/mol. The largest absolute Gasteiger partial charge is 0.309 e. The number of fused-ring (bicyclic) bond motifs is 15. The Kier molecular flexibility index (Phi) is 13.8. The summed E-state index contributed by atoms with van der Waals surface area (Å²) in [5, 5.41) is 12.4. The third-order valence-corrected chi connectivity index (χ3v) is 23.4. The summed E-state index contributed by atoms with van der Waals surface area (Å²) in [5.41, 5.74) is 30.3. The number of benzene rings is 17. The first-order chi connectivity index (χ1) is 53.0. The lowest BCUT2D eigenvalue weighted by Crippen LogP contribution is -1.96. The van der Waals surface area contributed by atoms with Crippen molar-refractivity contribution in [3.8, 4) is 101 Å². The minimum absolute atomic E-state index is 1.10. The van der Waals surface area contributed by atoms with E-state index in [-0.39, 0.29) is 0 Å². The predicted molar refractivity (Wildman–Crippen MR) is 455 cm³/mol. The fourth-order valence-corrected chi connectivity index (χ4v) is 18.4. The molecule has 5 aromatic heterocycles. The van der Waals surface area contributed by atoms with Gasteiger partial charge in [0.25, 0.3) is 0 Å². The zero-order chi connectivity index (χ0) is 70.2. The summed E-state index contributed by atoms with van der Waals surface area (Å²) in [6.45, 7) is 0. The molecule has 22 aromatic rings. The number of hydrogen-bond donors (Lipinski definition) is 0. The van der Waals surface area contributed by atoms with Gasteiger partial charge in [0.2, 0.25) is 0 Å². The first-order valence-corrected chi connectivity index (χ1v) is 37.6. The Balaban J connectivity index is 0.644. The average molecular weight is 1380 g/mol. The van der Waals surface area contributed by atoms with Crippen molar-refractivity contribution in [2.24, 2.45) is 0 Å². The zero-order valence-electron chi connectivity index (χ0n) is 58.1. The fourth-order valence-electron chi connectivity index (χ4n) is 17.3. The van der Waals surface area contributed by atoms with E-state index in [0.717, 1.165) is 55.9 Å². The van der Waals surface area contributed by atoms with Gasteiger partial charge in [0.15, 0.2) is 0 Å². The summed E-state index contributed by atoms with van der Waals surface area (Å²) >= 11 is 1.86. The highest BCUT2D eigenvalue weighted by Crippen LogP contribution is 2.46. The molecular formula is C102H64N4S. The SMILES string of the molecule is c1ccc(-c2cc(-c3ccccc3)cc(-n3c4ccccc4c4cc(-c5ccc6c(c5)c5ccccc5n6-c5cc(-c6ccccc6)cc(-c6cccc(-c7ccc8c(c7)c7cc(-c9ccc%10c(c9)c9ccccc9n%10-c9ccc%10sc%11ccccc%11c%10c9)ccc7n8-c7ccccc7)c6)c5)ccc43)c2)cc1. The van der Waals surface area contributed by atoms with E-state index in [1.165, 1.54) is 152 Å². The normalized spacial score (nSPS) is 11.9. The molecule has 0 amide bonds. The van der Waals surface area contributed by atoms with Gasteiger partial charge in [-0.2, -0.15) is 0 Å². The standard InChI is InChI=1S/C102H64N4S/c1-5-22-65(23-6-1)75-53-76(66-24-7-2-8-25-66)56-81(55-75)105-94-37-18-14-33-84(94)88-60-71(42-47-97(88)105)72-43-48-98-89(61-72)85-34-15-19-38-95(85)106(98)82-57-77(67-26-9-3-10-27-67)54-78(58-82)69-29-21-28-68(52-69)70-40-49-99-90(62-70)91-63-74(44-50-100(91)103(99)79-30-11-4-12-31-79)73-41-46-96-87(59-73)83-32-13-17-36-93(83)104(96)80-45-51-102-92(64-80)86-35-16-20-39-101(86)107-102/h1-64H. The Morgan fingerprint density at radius 1 is 0.131 bits per heavy atom. The van der Waals surface area contributed by atoms with Crippen molar-refractivity contribution in [3.05, 3.63) is 388 Å². The van der Waals surface area contributed by atoms with E-state index >= 15 is 0 Å². The molecular weight excluding hydrogens is 1310 g/mol. The Morgan fingerprint density at radius 2 is 0.411 bits per heavy atom. The maximum Gasteiger partial charge on any atom is 0.0541 e. The fraction of sp³-hybridized carbons (Fsp3) is 0. The van der Waals surface area contributed by atoms with E-state index < -0.39 is 0 Å². The molecule has 0 atom stereocenters. The quantitative estimate of drug-likeness (QED) is 0.123. The summed E-state index contributed by atoms with van der Waals surface area (Å²) in [6, 6.07) is 144. The number of rotatable bonds is 11. The first kappa shape index (κ1) is 60.7. The zero-order valence-corrected chi connectivity index (χ0v) is 59.0. The number of thiophene rings is 1. The molecule has 0 aliphatic rings. The molecule has 0 fully saturated rings. The van der Waals surface area contributed by atoms with Crippen molar-refractivity contribution in [2.75, 3.05) is 0 Å². The van der Waals surface area contributed by atoms with Gasteiger partial charge in [-0.15, -0.1) is 11.3 Å². The van der Waals surface area contributed by atoms with Gasteiger partial charge in [-0.3, -0.25) is 0 Å². The molecule has 0 radical (unpaired) electrons. The van der Waals surface area contributed by atoms with Gasteiger partial charge in [-0.1, -0.05) is 231 Å². The molecule has 0 spiro atoms. The van der Waals surface area contributed by atoms with Gasteiger partial charge in [-0.05, 0) is 236 Å². The lowest BCUT2D eigenvalue weighted by atomic mass is 9.94. The minimum atomic E-state index is 1.10. The van der Waals surface area contributed by atoms with Crippen molar-refractivity contribution in [1.29, 1.82) is 0 Å². The smallest absolute Gasteiger partial charge is 0.0541 e. The summed E-state index contributed by atoms with van der Waals surface area (Å²) in [6.07, 6.45) is 0. The maximum atomic E-state index is 2.48. The maximum absolute atomic E-state index is 2.48. The second-order valence-corrected chi connectivity index (χ2v) is 29.5. The molecule has 0 unspecified atom stereocenters. The molecule has 22 rings (SSSR count). The molecule has 0 N–H and O–H groups in total. The third kappa shape index (κ3) is 9.97. The summed E-state index contributed by atoms with van der Waals surface area (Å²) in [4.78, 5) is 0. The van der Waals surface area contributed by atoms with Gasteiger partial charge in [0.05, 0.1) is 44.1 Å². The molecule has 5 heterocycles. The van der Waals surface area contributed by atoms with E-state index in [9.17, 15) is 0 Å². The second-order valence-electron chi connectivity index (χ2n) is 28.4. The number of nitrogens with zero attached hydrogens (tertiary/aromatic N) is 4. The average Bonchev–Trinajstić information content (AvgIpc) is 1.58. The van der Waals surface area contributed by atoms with Crippen LogP contribution in [-0.2, 0) is 0 Å². The van der Waals surface area contributed by atoms with Crippen LogP contribution in [0.1, 0.15) is 0 Å². The Morgan fingerprint density at radius 3 is 0.832 bits per heavy atom. The van der Waals surface area contributed by atoms with Gasteiger partial charge < -0.3 is 18.3 Å². The van der Waals surface area contributed by atoms with Crippen LogP contribution in [0.15, 0.2) is 388 Å². The number of aromatic nitrogens is 4. The highest BCUT2D eigenvalue weighted by Gasteiger charge is 2.22. The number of para-hydroxylation sites is 4. The highest BCUT2D eigenvalue weighted by atomic mass is 32.1. The van der Waals surface area contributed by atoms with E-state index in [0.29, 0.717) is 0 Å². The van der Waals surface area contributed by atoms with Crippen LogP contribution in [0.25, 0.3) is 208 Å². The van der Waals surface area contributed by atoms with E-state index in [2.05, 4.69) is 407 Å². The predicted octanol–water partition coefficient (Wildman–Crippen LogP) is 28.1. The van der Waals surface area contributed by atoms with Crippen LogP contribution < -0.4 is 0 Å². The molecule has 107 heavy (non-hydrogen) atoms. The van der Waals surface area contributed by atoms with Gasteiger partial charge >= 0.3 is 0 Å². The van der Waals surface area contributed by atoms with Crippen LogP contribution in [0.4, 0.5) is 0 Å². The van der Waals surface area contributed by atoms with Crippen molar-refractivity contribution in [1.82, 2.24) is 18.3 Å². The minimum Gasteiger partial charge on any atom is -0.309 e. The molecule has 0 saturated heterocycles. The molecule has 5 heteroatoms. The van der Waals surface area contributed by atoms with Crippen LogP contribution >= 0.6 is 11.3 Å². The topological polar surface area (TPSA) is 19.7 Å². The lowest BCUT2D eigenvalue weighted by molar-refractivity contribution is 1.18. The summed E-state index contributed by atoms with van der Waals surface area (Å²) in [7, 11) is 0. The molecule has 4 nitrogen and oxygen atoms in total. The highest BCUT2D eigenvalue weighted by molar-refractivity contribution is 7.25. The van der Waals surface area contributed by atoms with Crippen LogP contribution in [-0.4, -0.2) is 18.3 Å². The Bertz CT molecular complexity index is 7290. The lowest BCUT2D eigenvalue weighted by Gasteiger charge is -2.15. The third-order valence-electron chi connectivity index (χ3n) is 22.3. The van der Waals surface area contributed by atoms with E-state index in [1.54, 1.807) is 0 Å². The molecule has 0 bridgehead atoms. The molecule has 17 aromatic carbocycles. The second kappa shape index (κ2) is 24.4. The van der Waals surface area contributed by atoms with Gasteiger partial charge in [0, 0.05) is 86.0 Å². The Labute approximate surface area is 621 Å². The molecule has 0 aliphatic carbocycles. The molecule has 498 valence electrons. The van der Waals surface area contributed by atoms with Crippen molar-refractivity contribution < 1.29 is 0 Å². The van der Waals surface area contributed by atoms with Crippen LogP contribution in [0, 0.1) is 0 Å². The van der Waals surface area contributed by atoms with Crippen molar-refractivity contribution >= 4 is 119 Å². The van der Waals surface area contributed by atoms with Gasteiger partial charge in [-0.25, -0.2) is 0 Å². The van der Waals surface area contributed by atoms with E-state index in [1.807, 2.05) is 11.3 Å². The van der Waals surface area contributed by atoms with Crippen LogP contribution in [0.5, 0.6) is 0 Å². The Hall–Kier alpha value is -13.8. The molecule has 0 saturated carbocycles. The van der Waals surface area contributed by atoms with E-state index in [4.69, 9.17) is 0 Å². The van der Waals surface area contributed by atoms with Crippen LogP contribution in [0.2, 0.25) is 0 Å². The molecule has 0 aliphatic heterocycles. The van der Waals surface area contributed by atoms with Crippen molar-refractivity contribution in [2.45, 2.75) is 0 Å². The van der Waals surface area contributed by atoms with Crippen molar-refractivity contribution in [3.63, 3.8) is 0 Å². The summed E-state index contributed by atoms with van der Waals surface area (Å²) in [5.74, 6) is 0.